The van der Waals surface area contributed by atoms with Gasteiger partial charge in [0.2, 0.25) is 5.91 Å². The molecule has 2 amide bonds. The molecule has 1 aromatic heterocycles. The van der Waals surface area contributed by atoms with Crippen molar-refractivity contribution < 1.29 is 30.0 Å². The number of nitrogen functional groups attached to an aromatic ring is 2. The van der Waals surface area contributed by atoms with E-state index in [2.05, 4.69) is 49.4 Å². The number of amides is 2. The molecule has 1 heterocycles. The second kappa shape index (κ2) is 21.2. The van der Waals surface area contributed by atoms with Gasteiger partial charge in [0.15, 0.2) is 28.4 Å². The second-order valence-corrected chi connectivity index (χ2v) is 13.7. The molecule has 4 rings (SSSR count). The fourth-order valence-corrected chi connectivity index (χ4v) is 5.91. The molecule has 0 saturated heterocycles. The summed E-state index contributed by atoms with van der Waals surface area (Å²) >= 11 is 5.82. The molecule has 0 spiro atoms. The number of aryl methyl sites for hydroxylation is 2. The molecule has 4 atom stereocenters. The van der Waals surface area contributed by atoms with Gasteiger partial charge in [0.05, 0.1) is 24.9 Å². The lowest BCUT2D eigenvalue weighted by molar-refractivity contribution is -0.117. The Kier molecular flexibility index (Phi) is 16.5. The Morgan fingerprint density at radius 1 is 0.818 bits per heavy atom. The van der Waals surface area contributed by atoms with Crippen LogP contribution in [0.4, 0.5) is 17.3 Å². The normalized spacial score (nSPS) is 13.5. The lowest BCUT2D eigenvalue weighted by Crippen LogP contribution is -2.41. The van der Waals surface area contributed by atoms with Gasteiger partial charge in [-0.15, -0.1) is 0 Å². The van der Waals surface area contributed by atoms with Crippen LogP contribution in [-0.4, -0.2) is 98.8 Å². The molecule has 0 aliphatic carbocycles. The van der Waals surface area contributed by atoms with E-state index < -0.39 is 36.9 Å². The summed E-state index contributed by atoms with van der Waals surface area (Å²) in [6, 6.07) is 19.2. The number of nitrogens with two attached hydrogens (primary N) is 3. The number of aliphatic hydroxyl groups is 4. The van der Waals surface area contributed by atoms with Crippen LogP contribution in [-0.2, 0) is 24.1 Å². The van der Waals surface area contributed by atoms with Gasteiger partial charge < -0.3 is 53.6 Å². The number of fused-ring (bicyclic) bond motifs is 1. The van der Waals surface area contributed by atoms with Crippen LogP contribution in [0.1, 0.15) is 52.9 Å². The summed E-state index contributed by atoms with van der Waals surface area (Å²) in [5.41, 5.74) is 21.2. The predicted molar refractivity (Wildman–Crippen MR) is 214 cm³/mol. The average molecular weight is 779 g/mol. The van der Waals surface area contributed by atoms with Crippen molar-refractivity contribution >= 4 is 57.5 Å². The van der Waals surface area contributed by atoms with Gasteiger partial charge in [0.25, 0.3) is 5.91 Å². The summed E-state index contributed by atoms with van der Waals surface area (Å²) in [4.78, 5) is 32.9. The van der Waals surface area contributed by atoms with Crippen LogP contribution >= 0.6 is 11.6 Å². The van der Waals surface area contributed by atoms with E-state index in [1.54, 1.807) is 0 Å². The quantitative estimate of drug-likeness (QED) is 0.0342. The first kappa shape index (κ1) is 42.8. The fraction of sp³-hybridized carbons (Fsp3) is 0.395. The molecule has 0 radical (unpaired) electrons. The number of hydrogen-bond donors (Lipinski definition) is 12. The lowest BCUT2D eigenvalue weighted by atomic mass is 9.98. The molecule has 55 heavy (non-hydrogen) atoms. The molecule has 15 N–H and O–H groups in total. The lowest BCUT2D eigenvalue weighted by Gasteiger charge is -2.19. The number of rotatable bonds is 20. The molecule has 17 heteroatoms. The number of hydrogen-bond acceptors (Lipinski definition) is 13. The van der Waals surface area contributed by atoms with Gasteiger partial charge in [-0.05, 0) is 84.7 Å². The van der Waals surface area contributed by atoms with E-state index in [-0.39, 0.29) is 47.3 Å². The maximum Gasteiger partial charge on any atom is 0.280 e. The molecule has 0 bridgehead atoms. The number of halogens is 1. The molecule has 296 valence electrons. The summed E-state index contributed by atoms with van der Waals surface area (Å²) in [6.07, 6.45) is 1.10. The minimum Gasteiger partial charge on any atom is -0.394 e. The minimum atomic E-state index is -1.27. The largest absolute Gasteiger partial charge is 0.394 e. The van der Waals surface area contributed by atoms with E-state index >= 15 is 0 Å². The van der Waals surface area contributed by atoms with Crippen molar-refractivity contribution in [3.8, 4) is 0 Å². The summed E-state index contributed by atoms with van der Waals surface area (Å²) < 4.78 is 0. The summed E-state index contributed by atoms with van der Waals surface area (Å²) in [6.45, 7) is 0.825. The summed E-state index contributed by atoms with van der Waals surface area (Å²) in [5, 5.41) is 59.1. The number of guanidine groups is 1. The van der Waals surface area contributed by atoms with Gasteiger partial charge in [0, 0.05) is 25.2 Å². The van der Waals surface area contributed by atoms with Gasteiger partial charge in [-0.2, -0.15) is 0 Å². The molecule has 0 aliphatic heterocycles. The molecule has 0 fully saturated rings. The highest BCUT2D eigenvalue weighted by atomic mass is 35.5. The molecule has 0 saturated carbocycles. The highest BCUT2D eigenvalue weighted by molar-refractivity contribution is 6.31. The Morgan fingerprint density at radius 3 is 2.18 bits per heavy atom. The molecule has 16 nitrogen and oxygen atoms in total. The zero-order valence-corrected chi connectivity index (χ0v) is 31.2. The van der Waals surface area contributed by atoms with Crippen LogP contribution in [0, 0.1) is 5.41 Å². The number of unbranched alkanes of at least 4 members (excludes halogenated alkanes) is 1. The van der Waals surface area contributed by atoms with E-state index in [1.807, 2.05) is 42.5 Å². The van der Waals surface area contributed by atoms with E-state index in [4.69, 9.17) is 39.3 Å². The molecule has 0 aliphatic rings. The number of carbonyl (C=O) groups is 2. The first-order valence-electron chi connectivity index (χ1n) is 18.1. The summed E-state index contributed by atoms with van der Waals surface area (Å²) in [7, 11) is 0. The van der Waals surface area contributed by atoms with E-state index in [0.29, 0.717) is 25.2 Å². The zero-order chi connectivity index (χ0) is 39.9. The molecular weight excluding hydrogens is 728 g/mol. The maximum absolute atomic E-state index is 12.9. The van der Waals surface area contributed by atoms with Crippen LogP contribution in [0.15, 0.2) is 60.7 Å². The van der Waals surface area contributed by atoms with Crippen LogP contribution < -0.4 is 38.5 Å². The van der Waals surface area contributed by atoms with Crippen molar-refractivity contribution in [2.45, 2.75) is 69.3 Å². The highest BCUT2D eigenvalue weighted by Gasteiger charge is 2.20. The van der Waals surface area contributed by atoms with Gasteiger partial charge in [-0.25, -0.2) is 9.97 Å². The third-order valence-corrected chi connectivity index (χ3v) is 9.16. The van der Waals surface area contributed by atoms with Crippen molar-refractivity contribution in [3.05, 3.63) is 88.2 Å². The van der Waals surface area contributed by atoms with E-state index in [9.17, 15) is 24.9 Å². The molecule has 4 aromatic rings. The number of aliphatic hydroxyl groups excluding tert-OH is 4. The first-order chi connectivity index (χ1) is 26.3. The smallest absolute Gasteiger partial charge is 0.280 e. The van der Waals surface area contributed by atoms with Crippen LogP contribution in [0.2, 0.25) is 5.15 Å². The molecule has 3 aromatic carbocycles. The number of nitrogens with zero attached hydrogens (tertiary/aromatic N) is 2. The van der Waals surface area contributed by atoms with Gasteiger partial charge in [0.1, 0.15) is 6.10 Å². The highest BCUT2D eigenvalue weighted by Crippen LogP contribution is 2.21. The van der Waals surface area contributed by atoms with Crippen molar-refractivity contribution in [2.24, 2.45) is 5.73 Å². The number of nitrogens with one attached hydrogen (secondary N) is 5. The van der Waals surface area contributed by atoms with Crippen molar-refractivity contribution in [2.75, 3.05) is 43.0 Å². The van der Waals surface area contributed by atoms with Crippen LogP contribution in [0.3, 0.4) is 0 Å². The number of benzene rings is 3. The molecular formula is C38H51ClN10O6. The Hall–Kier alpha value is -4.94. The summed E-state index contributed by atoms with van der Waals surface area (Å²) in [5.74, 6) is -1.46. The first-order valence-corrected chi connectivity index (χ1v) is 18.5. The van der Waals surface area contributed by atoms with E-state index in [1.165, 1.54) is 5.56 Å². The third-order valence-electron chi connectivity index (χ3n) is 8.88. The second-order valence-electron chi connectivity index (χ2n) is 13.4. The van der Waals surface area contributed by atoms with E-state index in [0.717, 1.165) is 54.0 Å². The Bertz CT molecular complexity index is 1900. The number of carbonyl (C=O) groups excluding carboxylic acids is 2. The standard InChI is InChI=1S/C38H51ClN10O6/c39-33-35(42)48-34(41)32(47-33)37(55)49-38(43)45-15-2-1-4-23-6-10-26-17-24(7-11-25(26)16-23)18-29(40)36(54)46-27-12-8-22(9-13-27)5-3-14-44-20-28(51)19-30(52)31(53)21-50/h6-13,16-17,28-31,44,50-53H,1-5,14-15,18-21,40H2,(H,46,54)(H4,41,42,48)(H3,43,45,49,55)/t28-,29+,30+,31?/m1/s1. The van der Waals surface area contributed by atoms with Gasteiger partial charge >= 0.3 is 0 Å². The van der Waals surface area contributed by atoms with Crippen LogP contribution in [0.25, 0.3) is 10.8 Å². The van der Waals surface area contributed by atoms with Gasteiger partial charge in [-0.3, -0.25) is 20.3 Å². The van der Waals surface area contributed by atoms with Crippen molar-refractivity contribution in [3.63, 3.8) is 0 Å². The number of aromatic nitrogens is 2. The zero-order valence-electron chi connectivity index (χ0n) is 30.5. The SMILES string of the molecule is N=C(NCCCCc1ccc2cc(C[C@H](N)C(=O)Nc3ccc(CCCNC[C@H](O)C[C@H](O)C(O)CO)cc3)ccc2c1)NC(=O)c1nc(Cl)c(N)nc1N. The fourth-order valence-electron chi connectivity index (χ4n) is 5.78. The third kappa shape index (κ3) is 13.7. The number of anilines is 3. The van der Waals surface area contributed by atoms with Crippen LogP contribution in [0.5, 0.6) is 0 Å². The predicted octanol–water partition coefficient (Wildman–Crippen LogP) is 1.22. The van der Waals surface area contributed by atoms with Crippen molar-refractivity contribution in [1.82, 2.24) is 25.9 Å². The Morgan fingerprint density at radius 2 is 1.47 bits per heavy atom. The minimum absolute atomic E-state index is 0.0298. The average Bonchev–Trinajstić information content (AvgIpc) is 3.16. The molecule has 1 unspecified atom stereocenters. The monoisotopic (exact) mass is 778 g/mol. The topological polar surface area (TPSA) is 291 Å². The van der Waals surface area contributed by atoms with Gasteiger partial charge in [-0.1, -0.05) is 60.1 Å². The maximum atomic E-state index is 12.9. The van der Waals surface area contributed by atoms with Crippen molar-refractivity contribution in [1.29, 1.82) is 5.41 Å². The Labute approximate surface area is 324 Å². The Balaban J connectivity index is 1.13.